The summed E-state index contributed by atoms with van der Waals surface area (Å²) in [6, 6.07) is 85.9. The van der Waals surface area contributed by atoms with Crippen LogP contribution in [0.5, 0.6) is 0 Å². The van der Waals surface area contributed by atoms with Crippen molar-refractivity contribution < 1.29 is 35.2 Å². The molecule has 0 saturated heterocycles. The third kappa shape index (κ3) is 8.54. The van der Waals surface area contributed by atoms with Gasteiger partial charge in [-0.25, -0.2) is 0 Å². The quantitative estimate of drug-likeness (QED) is 0.101. The van der Waals surface area contributed by atoms with Gasteiger partial charge in [-0.2, -0.15) is 26.3 Å². The average molecular weight is 1160 g/mol. The normalized spacial score (nSPS) is 12.2. The summed E-state index contributed by atoms with van der Waals surface area (Å²) >= 11 is 0. The molecule has 2 aromatic heterocycles. The van der Waals surface area contributed by atoms with E-state index in [2.05, 4.69) is 60.7 Å². The highest BCUT2D eigenvalue weighted by atomic mass is 19.4. The summed E-state index contributed by atoms with van der Waals surface area (Å²) in [7, 11) is 0. The molecule has 0 N–H and O–H groups in total. The first-order chi connectivity index (χ1) is 42.9. The molecule has 0 unspecified atom stereocenters. The summed E-state index contributed by atoms with van der Waals surface area (Å²) in [6.07, 6.45) is -9.38. The van der Waals surface area contributed by atoms with Gasteiger partial charge in [-0.15, -0.1) is 0 Å². The molecule has 0 amide bonds. The lowest BCUT2D eigenvalue weighted by atomic mass is 9.85. The third-order valence-corrected chi connectivity index (χ3v) is 17.1. The largest absolute Gasteiger partial charge is 0.454 e. The van der Waals surface area contributed by atoms with Crippen LogP contribution >= 0.6 is 0 Å². The Kier molecular flexibility index (Phi) is 12.1. The van der Waals surface area contributed by atoms with Gasteiger partial charge < -0.3 is 18.6 Å². The summed E-state index contributed by atoms with van der Waals surface area (Å²) in [6.45, 7) is 0. The van der Waals surface area contributed by atoms with Crippen molar-refractivity contribution in [1.82, 2.24) is 0 Å². The smallest absolute Gasteiger partial charge is 0.417 e. The Hall–Kier alpha value is -11.1. The predicted octanol–water partition coefficient (Wildman–Crippen LogP) is 24.0. The van der Waals surface area contributed by atoms with Crippen molar-refractivity contribution in [2.45, 2.75) is 12.4 Å². The van der Waals surface area contributed by atoms with Crippen LogP contribution < -0.4 is 9.80 Å². The van der Waals surface area contributed by atoms with Crippen molar-refractivity contribution in [3.63, 3.8) is 0 Å². The second kappa shape index (κ2) is 20.3. The van der Waals surface area contributed by atoms with Gasteiger partial charge >= 0.3 is 12.4 Å². The minimum absolute atomic E-state index is 0.00349. The van der Waals surface area contributed by atoms with Crippen molar-refractivity contribution in [3.8, 4) is 44.5 Å². The van der Waals surface area contributed by atoms with Crippen LogP contribution in [0.2, 0.25) is 0 Å². The van der Waals surface area contributed by atoms with E-state index in [0.717, 1.165) is 88.2 Å². The topological polar surface area (TPSA) is 32.8 Å². The molecule has 10 heteroatoms. The number of halogens is 6. The van der Waals surface area contributed by atoms with Crippen LogP contribution in [0.15, 0.2) is 288 Å². The fourth-order valence-electron chi connectivity index (χ4n) is 13.2. The van der Waals surface area contributed by atoms with Crippen molar-refractivity contribution in [2.75, 3.05) is 9.80 Å². The Labute approximate surface area is 499 Å². The Morgan fingerprint density at radius 1 is 0.250 bits per heavy atom. The molecule has 0 fully saturated rings. The summed E-state index contributed by atoms with van der Waals surface area (Å²) in [4.78, 5) is 4.05. The minimum Gasteiger partial charge on any atom is -0.454 e. The van der Waals surface area contributed by atoms with E-state index in [4.69, 9.17) is 8.83 Å². The number of nitrogens with zero attached hydrogens (tertiary/aromatic N) is 2. The van der Waals surface area contributed by atoms with Gasteiger partial charge in [0.05, 0.1) is 33.9 Å². The zero-order chi connectivity index (χ0) is 59.4. The molecule has 0 bridgehead atoms. The molecule has 88 heavy (non-hydrogen) atoms. The van der Waals surface area contributed by atoms with Gasteiger partial charge in [-0.05, 0) is 128 Å². The predicted molar refractivity (Wildman–Crippen MR) is 346 cm³/mol. The second-order valence-electron chi connectivity index (χ2n) is 22.1. The number of alkyl halides is 6. The Bertz CT molecular complexity index is 5030. The minimum atomic E-state index is -4.69. The van der Waals surface area contributed by atoms with Gasteiger partial charge in [-0.1, -0.05) is 206 Å². The Morgan fingerprint density at radius 3 is 0.955 bits per heavy atom. The molecular formula is C78H46F6N2O2. The number of benzene rings is 14. The Balaban J connectivity index is 1.06. The van der Waals surface area contributed by atoms with Crippen LogP contribution in [0.1, 0.15) is 11.1 Å². The SMILES string of the molecule is FC(F)(F)c1ccc(N(c2cc(-c3ccccc3)c3ccc4c(N(c5ccc(C(F)(F)F)c(-c6ccccc6)c5)c5cccc6c5oc5ccccc56)cc(-c5ccccc5)c5ccc2c3c54)c2cccc3c2oc2ccccc23)cc1-c1ccccc1. The highest BCUT2D eigenvalue weighted by Crippen LogP contribution is 2.55. The molecule has 422 valence electrons. The number of para-hydroxylation sites is 4. The van der Waals surface area contributed by atoms with E-state index >= 15 is 26.3 Å². The van der Waals surface area contributed by atoms with Crippen LogP contribution in [-0.2, 0) is 12.4 Å². The van der Waals surface area contributed by atoms with Gasteiger partial charge in [0.2, 0.25) is 0 Å². The number of rotatable bonds is 10. The van der Waals surface area contributed by atoms with Crippen LogP contribution in [0, 0.1) is 0 Å². The van der Waals surface area contributed by atoms with Gasteiger partial charge in [-0.3, -0.25) is 0 Å². The average Bonchev–Trinajstić information content (AvgIpc) is 0.780. The second-order valence-corrected chi connectivity index (χ2v) is 22.1. The number of hydrogen-bond acceptors (Lipinski definition) is 4. The molecule has 4 nitrogen and oxygen atoms in total. The summed E-state index contributed by atoms with van der Waals surface area (Å²) in [5.74, 6) is 0. The number of fused-ring (bicyclic) bond motifs is 6. The lowest BCUT2D eigenvalue weighted by molar-refractivity contribution is -0.137. The van der Waals surface area contributed by atoms with E-state index in [-0.39, 0.29) is 11.1 Å². The standard InChI is InChI=1S/C78H46F6N2O2/c79-77(80,81)65-41-35-51(43-63(65)49-23-9-3-10-24-49)85(67-31-17-29-57-53-27-13-15-33-71(53)87-75(57)67)69-45-61(47-19-5-1-6-20-47)55-37-39-60-70(46-62(48-21-7-2-8-22-48)56-38-40-59(69)73(55)74(56)60)86(68-32-18-30-58-54-28-14-16-34-72(54)88-76(58)68)52-36-42-66(78(82,83)84)64(44-52)50-25-11-4-12-26-50/h1-46H. The first-order valence-corrected chi connectivity index (χ1v) is 28.8. The molecule has 0 saturated carbocycles. The van der Waals surface area contributed by atoms with Crippen molar-refractivity contribution in [3.05, 3.63) is 290 Å². The summed E-state index contributed by atoms with van der Waals surface area (Å²) < 4.78 is 106. The van der Waals surface area contributed by atoms with Crippen LogP contribution in [-0.4, -0.2) is 0 Å². The van der Waals surface area contributed by atoms with E-state index in [0.29, 0.717) is 67.6 Å². The van der Waals surface area contributed by atoms with Crippen LogP contribution in [0.25, 0.3) is 121 Å². The fraction of sp³-hybridized carbons (Fsp3) is 0.0256. The number of anilines is 6. The van der Waals surface area contributed by atoms with Crippen molar-refractivity contribution >= 4 is 110 Å². The van der Waals surface area contributed by atoms with Crippen LogP contribution in [0.3, 0.4) is 0 Å². The monoisotopic (exact) mass is 1160 g/mol. The van der Waals surface area contributed by atoms with Crippen molar-refractivity contribution in [2.24, 2.45) is 0 Å². The maximum absolute atomic E-state index is 15.4. The molecule has 0 atom stereocenters. The van der Waals surface area contributed by atoms with Gasteiger partial charge in [0.1, 0.15) is 11.2 Å². The molecule has 0 spiro atoms. The summed E-state index contributed by atoms with van der Waals surface area (Å²) in [5, 5.41) is 8.43. The lowest BCUT2D eigenvalue weighted by Gasteiger charge is -2.31. The molecular weight excluding hydrogens is 1110 g/mol. The van der Waals surface area contributed by atoms with Gasteiger partial charge in [0.15, 0.2) is 11.2 Å². The van der Waals surface area contributed by atoms with E-state index in [1.54, 1.807) is 72.8 Å². The zero-order valence-electron chi connectivity index (χ0n) is 46.5. The zero-order valence-corrected chi connectivity index (χ0v) is 46.5. The number of furan rings is 2. The fourth-order valence-corrected chi connectivity index (χ4v) is 13.2. The molecule has 0 aliphatic carbocycles. The molecule has 16 rings (SSSR count). The molecule has 16 aromatic rings. The third-order valence-electron chi connectivity index (χ3n) is 17.1. The molecule has 14 aromatic carbocycles. The van der Waals surface area contributed by atoms with E-state index < -0.39 is 23.5 Å². The van der Waals surface area contributed by atoms with E-state index in [1.807, 2.05) is 131 Å². The highest BCUT2D eigenvalue weighted by molar-refractivity contribution is 6.33. The number of hydrogen-bond donors (Lipinski definition) is 0. The molecule has 2 heterocycles. The first-order valence-electron chi connectivity index (χ1n) is 28.8. The maximum Gasteiger partial charge on any atom is 0.417 e. The highest BCUT2D eigenvalue weighted by Gasteiger charge is 2.37. The Morgan fingerprint density at radius 2 is 0.580 bits per heavy atom. The first kappa shape index (κ1) is 52.5. The van der Waals surface area contributed by atoms with E-state index in [1.165, 1.54) is 12.1 Å². The molecule has 0 aliphatic heterocycles. The lowest BCUT2D eigenvalue weighted by Crippen LogP contribution is -2.14. The van der Waals surface area contributed by atoms with E-state index in [9.17, 15) is 0 Å². The molecule has 0 radical (unpaired) electrons. The van der Waals surface area contributed by atoms with Crippen LogP contribution in [0.4, 0.5) is 60.5 Å². The summed E-state index contributed by atoms with van der Waals surface area (Å²) in [5.41, 5.74) is 8.45. The van der Waals surface area contributed by atoms with Gasteiger partial charge in [0.25, 0.3) is 0 Å². The van der Waals surface area contributed by atoms with Crippen molar-refractivity contribution in [1.29, 1.82) is 0 Å². The molecule has 0 aliphatic rings. The van der Waals surface area contributed by atoms with Gasteiger partial charge in [0, 0.05) is 54.5 Å². The maximum atomic E-state index is 15.4.